The van der Waals surface area contributed by atoms with Crippen LogP contribution in [-0.4, -0.2) is 52.9 Å². The number of carbonyl (C=O) groups excluding carboxylic acids is 2. The second-order valence-corrected chi connectivity index (χ2v) is 6.82. The van der Waals surface area contributed by atoms with Gasteiger partial charge in [0.05, 0.1) is 11.6 Å². The van der Waals surface area contributed by atoms with Crippen LogP contribution in [0.15, 0.2) is 47.1 Å². The van der Waals surface area contributed by atoms with E-state index in [-0.39, 0.29) is 23.5 Å². The van der Waals surface area contributed by atoms with Crippen molar-refractivity contribution in [3.8, 4) is 0 Å². The molecule has 0 radical (unpaired) electrons. The van der Waals surface area contributed by atoms with Crippen molar-refractivity contribution >= 4 is 11.8 Å². The predicted octanol–water partition coefficient (Wildman–Crippen LogP) is 2.15. The highest BCUT2D eigenvalue weighted by Crippen LogP contribution is 2.50. The molecule has 6 heteroatoms. The number of carbonyl (C=O) groups is 2. The molecule has 0 bridgehead atoms. The highest BCUT2D eigenvalue weighted by atomic mass is 16.5. The number of rotatable bonds is 3. The van der Waals surface area contributed by atoms with E-state index in [1.54, 1.807) is 11.0 Å². The molecule has 0 aliphatic carbocycles. The quantitative estimate of drug-likeness (QED) is 0.859. The number of aromatic nitrogens is 1. The minimum atomic E-state index is -0.535. The second-order valence-electron chi connectivity index (χ2n) is 6.82. The van der Waals surface area contributed by atoms with Crippen molar-refractivity contribution in [1.29, 1.82) is 0 Å². The molecule has 2 saturated heterocycles. The molecule has 2 aliphatic heterocycles. The molecule has 2 aromatic rings. The van der Waals surface area contributed by atoms with Crippen LogP contribution in [0.3, 0.4) is 0 Å². The van der Waals surface area contributed by atoms with Gasteiger partial charge in [0.25, 0.3) is 5.91 Å². The summed E-state index contributed by atoms with van der Waals surface area (Å²) < 4.78 is 5.03. The summed E-state index contributed by atoms with van der Waals surface area (Å²) in [4.78, 5) is 29.5. The molecule has 2 aliphatic rings. The first-order chi connectivity index (χ1) is 12.2. The molecule has 3 heterocycles. The molecule has 0 unspecified atom stereocenters. The zero-order valence-electron chi connectivity index (χ0n) is 14.2. The average Bonchev–Trinajstić information content (AvgIpc) is 3.37. The van der Waals surface area contributed by atoms with Gasteiger partial charge in [0, 0.05) is 38.2 Å². The summed E-state index contributed by atoms with van der Waals surface area (Å²) in [6.45, 7) is 4.41. The Morgan fingerprint density at radius 1 is 1.32 bits per heavy atom. The standard InChI is InChI=1S/C19H21N3O3/c1-2-21-11-9-19(18(21)24)13-22(17(23)16-8-10-20-25-16)12-15(19)14-6-4-3-5-7-14/h3-8,10,15H,2,9,11-13H2,1H3/t15-,19+/m1/s1. The first-order valence-electron chi connectivity index (χ1n) is 8.70. The van der Waals surface area contributed by atoms with E-state index < -0.39 is 5.41 Å². The molecule has 0 saturated carbocycles. The molecule has 6 nitrogen and oxygen atoms in total. The van der Waals surface area contributed by atoms with Gasteiger partial charge in [-0.3, -0.25) is 9.59 Å². The average molecular weight is 339 g/mol. The largest absolute Gasteiger partial charge is 0.351 e. The summed E-state index contributed by atoms with van der Waals surface area (Å²) in [5.41, 5.74) is 0.578. The van der Waals surface area contributed by atoms with Crippen molar-refractivity contribution in [3.63, 3.8) is 0 Å². The van der Waals surface area contributed by atoms with E-state index in [9.17, 15) is 9.59 Å². The highest BCUT2D eigenvalue weighted by Gasteiger charge is 2.57. The van der Waals surface area contributed by atoms with Crippen LogP contribution in [0.2, 0.25) is 0 Å². The van der Waals surface area contributed by atoms with E-state index in [1.807, 2.05) is 30.0 Å². The zero-order valence-corrected chi connectivity index (χ0v) is 14.2. The van der Waals surface area contributed by atoms with Crippen LogP contribution in [0.1, 0.15) is 35.4 Å². The Hall–Kier alpha value is -2.63. The Labute approximate surface area is 146 Å². The van der Waals surface area contributed by atoms with Crippen LogP contribution in [0.25, 0.3) is 0 Å². The lowest BCUT2D eigenvalue weighted by Gasteiger charge is -2.28. The van der Waals surface area contributed by atoms with Crippen molar-refractivity contribution in [2.24, 2.45) is 5.41 Å². The summed E-state index contributed by atoms with van der Waals surface area (Å²) in [5, 5.41) is 3.62. The topological polar surface area (TPSA) is 66.7 Å². The third-order valence-corrected chi connectivity index (χ3v) is 5.60. The smallest absolute Gasteiger partial charge is 0.292 e. The molecule has 2 atom stereocenters. The van der Waals surface area contributed by atoms with Crippen molar-refractivity contribution in [2.45, 2.75) is 19.3 Å². The first-order valence-corrected chi connectivity index (χ1v) is 8.70. The highest BCUT2D eigenvalue weighted by molar-refractivity contribution is 5.94. The summed E-state index contributed by atoms with van der Waals surface area (Å²) >= 11 is 0. The van der Waals surface area contributed by atoms with Crippen LogP contribution in [0.5, 0.6) is 0 Å². The molecule has 2 fully saturated rings. The molecule has 1 spiro atoms. The SMILES string of the molecule is CCN1CC[C@@]2(CN(C(=O)c3ccno3)C[C@@H]2c2ccccc2)C1=O. The summed E-state index contributed by atoms with van der Waals surface area (Å²) in [5.74, 6) is 0.195. The Morgan fingerprint density at radius 3 is 2.76 bits per heavy atom. The summed E-state index contributed by atoms with van der Waals surface area (Å²) in [6.07, 6.45) is 2.24. The van der Waals surface area contributed by atoms with Gasteiger partial charge in [0.2, 0.25) is 11.7 Å². The number of likely N-dealkylation sites (tertiary alicyclic amines) is 2. The van der Waals surface area contributed by atoms with E-state index in [1.165, 1.54) is 6.20 Å². The molecular weight excluding hydrogens is 318 g/mol. The van der Waals surface area contributed by atoms with Gasteiger partial charge in [0.1, 0.15) is 0 Å². The number of hydrogen-bond acceptors (Lipinski definition) is 4. The van der Waals surface area contributed by atoms with Crippen LogP contribution >= 0.6 is 0 Å². The Bertz CT molecular complexity index is 774. The Balaban J connectivity index is 1.70. The lowest BCUT2D eigenvalue weighted by Crippen LogP contribution is -2.40. The fourth-order valence-corrected chi connectivity index (χ4v) is 4.29. The minimum absolute atomic E-state index is 0.00428. The first kappa shape index (κ1) is 15.9. The van der Waals surface area contributed by atoms with E-state index in [0.717, 1.165) is 18.5 Å². The number of benzene rings is 1. The number of amides is 2. The maximum absolute atomic E-state index is 13.2. The molecular formula is C19H21N3O3. The molecule has 130 valence electrons. The fraction of sp³-hybridized carbons (Fsp3) is 0.421. The van der Waals surface area contributed by atoms with Crippen molar-refractivity contribution < 1.29 is 14.1 Å². The van der Waals surface area contributed by atoms with E-state index >= 15 is 0 Å². The zero-order chi connectivity index (χ0) is 17.4. The van der Waals surface area contributed by atoms with Crippen LogP contribution in [0, 0.1) is 5.41 Å². The van der Waals surface area contributed by atoms with Gasteiger partial charge in [0.15, 0.2) is 0 Å². The van der Waals surface area contributed by atoms with Gasteiger partial charge in [-0.1, -0.05) is 35.5 Å². The molecule has 2 amide bonds. The van der Waals surface area contributed by atoms with E-state index in [2.05, 4.69) is 17.3 Å². The predicted molar refractivity (Wildman–Crippen MR) is 90.9 cm³/mol. The van der Waals surface area contributed by atoms with E-state index in [0.29, 0.717) is 19.6 Å². The van der Waals surface area contributed by atoms with Gasteiger partial charge in [-0.2, -0.15) is 0 Å². The van der Waals surface area contributed by atoms with Crippen LogP contribution in [0.4, 0.5) is 0 Å². The van der Waals surface area contributed by atoms with Crippen molar-refractivity contribution in [3.05, 3.63) is 53.9 Å². The van der Waals surface area contributed by atoms with Gasteiger partial charge >= 0.3 is 0 Å². The third-order valence-electron chi connectivity index (χ3n) is 5.60. The van der Waals surface area contributed by atoms with E-state index in [4.69, 9.17) is 4.52 Å². The normalized spacial score (nSPS) is 26.0. The van der Waals surface area contributed by atoms with Crippen molar-refractivity contribution in [2.75, 3.05) is 26.2 Å². The lowest BCUT2D eigenvalue weighted by atomic mass is 9.73. The number of nitrogens with zero attached hydrogens (tertiary/aromatic N) is 3. The summed E-state index contributed by atoms with van der Waals surface area (Å²) in [6, 6.07) is 11.6. The molecule has 25 heavy (non-hydrogen) atoms. The van der Waals surface area contributed by atoms with Gasteiger partial charge < -0.3 is 14.3 Å². The Kier molecular flexibility index (Phi) is 3.82. The van der Waals surface area contributed by atoms with Crippen LogP contribution < -0.4 is 0 Å². The number of hydrogen-bond donors (Lipinski definition) is 0. The molecule has 4 rings (SSSR count). The fourth-order valence-electron chi connectivity index (χ4n) is 4.29. The lowest BCUT2D eigenvalue weighted by molar-refractivity contribution is -0.135. The van der Waals surface area contributed by atoms with Gasteiger partial charge in [-0.15, -0.1) is 0 Å². The van der Waals surface area contributed by atoms with Crippen LogP contribution in [-0.2, 0) is 4.79 Å². The summed E-state index contributed by atoms with van der Waals surface area (Å²) in [7, 11) is 0. The van der Waals surface area contributed by atoms with Crippen molar-refractivity contribution in [1.82, 2.24) is 15.0 Å². The monoisotopic (exact) mass is 339 g/mol. The second kappa shape index (κ2) is 6.02. The minimum Gasteiger partial charge on any atom is -0.351 e. The molecule has 1 aromatic carbocycles. The molecule has 1 aromatic heterocycles. The molecule has 0 N–H and O–H groups in total. The third kappa shape index (κ3) is 2.44. The maximum Gasteiger partial charge on any atom is 0.292 e. The van der Waals surface area contributed by atoms with Gasteiger partial charge in [-0.25, -0.2) is 0 Å². The van der Waals surface area contributed by atoms with Gasteiger partial charge in [-0.05, 0) is 18.9 Å². The Morgan fingerprint density at radius 2 is 2.12 bits per heavy atom. The maximum atomic E-state index is 13.2.